The summed E-state index contributed by atoms with van der Waals surface area (Å²) < 4.78 is 50.8. The van der Waals surface area contributed by atoms with Gasteiger partial charge < -0.3 is 5.32 Å². The largest absolute Gasteiger partial charge is 0.417 e. The summed E-state index contributed by atoms with van der Waals surface area (Å²) in [4.78, 5) is 15.7. The molecule has 23 heavy (non-hydrogen) atoms. The number of carbonyl (C=O) groups excluding carboxylic acids is 1. The Morgan fingerprint density at radius 3 is 2.48 bits per heavy atom. The predicted molar refractivity (Wildman–Crippen MR) is 79.6 cm³/mol. The maximum Gasteiger partial charge on any atom is 0.417 e. The fourth-order valence-corrected chi connectivity index (χ4v) is 2.44. The fourth-order valence-electron chi connectivity index (χ4n) is 1.65. The third-order valence-electron chi connectivity index (χ3n) is 2.86. The molecule has 1 amide bonds. The van der Waals surface area contributed by atoms with Gasteiger partial charge in [0.2, 0.25) is 5.91 Å². The number of rotatable bonds is 4. The van der Waals surface area contributed by atoms with Crippen LogP contribution in [0.4, 0.5) is 23.2 Å². The van der Waals surface area contributed by atoms with E-state index >= 15 is 0 Å². The third kappa shape index (κ3) is 4.69. The molecule has 0 spiro atoms. The van der Waals surface area contributed by atoms with Crippen molar-refractivity contribution in [2.75, 3.05) is 5.32 Å². The van der Waals surface area contributed by atoms with Crippen LogP contribution >= 0.6 is 11.8 Å². The second kappa shape index (κ2) is 6.99. The zero-order chi connectivity index (χ0) is 17.0. The summed E-state index contributed by atoms with van der Waals surface area (Å²) in [5.74, 6) is -1.03. The molecule has 0 aliphatic heterocycles. The quantitative estimate of drug-likeness (QED) is 0.662. The Kier molecular flexibility index (Phi) is 5.25. The van der Waals surface area contributed by atoms with Crippen molar-refractivity contribution in [2.45, 2.75) is 23.4 Å². The topological polar surface area (TPSA) is 42.0 Å². The van der Waals surface area contributed by atoms with E-state index in [1.807, 2.05) is 0 Å². The van der Waals surface area contributed by atoms with E-state index in [9.17, 15) is 22.4 Å². The molecule has 0 saturated carbocycles. The minimum Gasteiger partial charge on any atom is -0.323 e. The molecule has 0 radical (unpaired) electrons. The van der Waals surface area contributed by atoms with Gasteiger partial charge >= 0.3 is 6.18 Å². The molecule has 1 aromatic heterocycles. The Morgan fingerprint density at radius 2 is 1.91 bits per heavy atom. The SMILES string of the molecule is CC(Sc1ccc(C(F)(F)F)cn1)C(=O)Nc1ccccc1F. The predicted octanol–water partition coefficient (Wildman–Crippen LogP) is 4.36. The zero-order valence-corrected chi connectivity index (χ0v) is 12.7. The van der Waals surface area contributed by atoms with Gasteiger partial charge in [-0.2, -0.15) is 13.2 Å². The Hall–Kier alpha value is -2.09. The van der Waals surface area contributed by atoms with Crippen LogP contribution in [0.3, 0.4) is 0 Å². The number of hydrogen-bond donors (Lipinski definition) is 1. The molecule has 0 fully saturated rings. The van der Waals surface area contributed by atoms with E-state index < -0.39 is 28.7 Å². The summed E-state index contributed by atoms with van der Waals surface area (Å²) in [6, 6.07) is 7.80. The molecule has 1 heterocycles. The van der Waals surface area contributed by atoms with Crippen molar-refractivity contribution in [1.82, 2.24) is 4.98 Å². The van der Waals surface area contributed by atoms with Crippen LogP contribution < -0.4 is 5.32 Å². The fraction of sp³-hybridized carbons (Fsp3) is 0.200. The second-order valence-corrected chi connectivity index (χ2v) is 5.97. The minimum atomic E-state index is -4.45. The number of thioether (sulfide) groups is 1. The van der Waals surface area contributed by atoms with E-state index in [0.717, 1.165) is 17.8 Å². The highest BCUT2D eigenvalue weighted by molar-refractivity contribution is 8.00. The maximum atomic E-state index is 13.5. The van der Waals surface area contributed by atoms with Gasteiger partial charge in [-0.05, 0) is 31.2 Å². The Bertz CT molecular complexity index is 689. The van der Waals surface area contributed by atoms with Crippen LogP contribution in [0, 0.1) is 5.82 Å². The second-order valence-electron chi connectivity index (χ2n) is 4.61. The number of carbonyl (C=O) groups is 1. The number of halogens is 4. The Morgan fingerprint density at radius 1 is 1.22 bits per heavy atom. The molecular weight excluding hydrogens is 332 g/mol. The third-order valence-corrected chi connectivity index (χ3v) is 3.91. The first-order chi connectivity index (χ1) is 10.8. The number of pyridine rings is 1. The first-order valence-corrected chi connectivity index (χ1v) is 7.40. The molecule has 1 N–H and O–H groups in total. The van der Waals surface area contributed by atoms with E-state index in [0.29, 0.717) is 6.20 Å². The van der Waals surface area contributed by atoms with Gasteiger partial charge in [-0.15, -0.1) is 0 Å². The summed E-state index contributed by atoms with van der Waals surface area (Å²) in [5.41, 5.74) is -0.810. The van der Waals surface area contributed by atoms with E-state index in [-0.39, 0.29) is 10.7 Å². The molecule has 0 aliphatic carbocycles. The van der Waals surface area contributed by atoms with Crippen LogP contribution in [0.5, 0.6) is 0 Å². The minimum absolute atomic E-state index is 0.0466. The van der Waals surface area contributed by atoms with E-state index in [4.69, 9.17) is 0 Å². The van der Waals surface area contributed by atoms with E-state index in [1.54, 1.807) is 13.0 Å². The van der Waals surface area contributed by atoms with Crippen LogP contribution in [0.25, 0.3) is 0 Å². The first kappa shape index (κ1) is 17.3. The number of anilines is 1. The average Bonchev–Trinajstić information content (AvgIpc) is 2.49. The van der Waals surface area contributed by atoms with Crippen molar-refractivity contribution < 1.29 is 22.4 Å². The van der Waals surface area contributed by atoms with Crippen molar-refractivity contribution in [2.24, 2.45) is 0 Å². The lowest BCUT2D eigenvalue weighted by molar-refractivity contribution is -0.137. The molecule has 2 aromatic rings. The molecule has 122 valence electrons. The molecule has 0 bridgehead atoms. The molecule has 1 atom stereocenters. The lowest BCUT2D eigenvalue weighted by Gasteiger charge is -2.12. The smallest absolute Gasteiger partial charge is 0.323 e. The number of para-hydroxylation sites is 1. The van der Waals surface area contributed by atoms with Gasteiger partial charge in [-0.25, -0.2) is 9.37 Å². The van der Waals surface area contributed by atoms with E-state index in [2.05, 4.69) is 10.3 Å². The highest BCUT2D eigenvalue weighted by atomic mass is 32.2. The number of hydrogen-bond acceptors (Lipinski definition) is 3. The lowest BCUT2D eigenvalue weighted by Crippen LogP contribution is -2.23. The summed E-state index contributed by atoms with van der Waals surface area (Å²) in [6.45, 7) is 1.56. The number of nitrogens with one attached hydrogen (secondary N) is 1. The molecule has 3 nitrogen and oxygen atoms in total. The van der Waals surface area contributed by atoms with Crippen molar-refractivity contribution >= 4 is 23.4 Å². The maximum absolute atomic E-state index is 13.5. The van der Waals surface area contributed by atoms with Gasteiger partial charge in [0.05, 0.1) is 21.5 Å². The van der Waals surface area contributed by atoms with Crippen molar-refractivity contribution in [3.63, 3.8) is 0 Å². The average molecular weight is 344 g/mol. The van der Waals surface area contributed by atoms with Crippen molar-refractivity contribution in [3.05, 3.63) is 54.0 Å². The van der Waals surface area contributed by atoms with Gasteiger partial charge in [0, 0.05) is 6.20 Å². The van der Waals surface area contributed by atoms with Crippen molar-refractivity contribution in [3.8, 4) is 0 Å². The van der Waals surface area contributed by atoms with Gasteiger partial charge in [0.1, 0.15) is 5.82 Å². The molecular formula is C15H12F4N2OS. The summed E-state index contributed by atoms with van der Waals surface area (Å²) in [6.07, 6.45) is -3.74. The highest BCUT2D eigenvalue weighted by Crippen LogP contribution is 2.30. The summed E-state index contributed by atoms with van der Waals surface area (Å²) in [7, 11) is 0. The Balaban J connectivity index is 2.00. The van der Waals surface area contributed by atoms with Crippen LogP contribution in [-0.4, -0.2) is 16.1 Å². The van der Waals surface area contributed by atoms with Gasteiger partial charge in [0.25, 0.3) is 0 Å². The molecule has 1 unspecified atom stereocenters. The number of alkyl halides is 3. The number of nitrogens with zero attached hydrogens (tertiary/aromatic N) is 1. The van der Waals surface area contributed by atoms with Gasteiger partial charge in [0.15, 0.2) is 0 Å². The lowest BCUT2D eigenvalue weighted by atomic mass is 10.3. The van der Waals surface area contributed by atoms with Crippen LogP contribution in [0.15, 0.2) is 47.6 Å². The first-order valence-electron chi connectivity index (χ1n) is 6.52. The number of amides is 1. The normalized spacial score (nSPS) is 12.7. The molecule has 1 aromatic carbocycles. The molecule has 0 saturated heterocycles. The monoisotopic (exact) mass is 344 g/mol. The Labute approximate surface area is 134 Å². The van der Waals surface area contributed by atoms with Gasteiger partial charge in [-0.3, -0.25) is 4.79 Å². The van der Waals surface area contributed by atoms with Gasteiger partial charge in [-0.1, -0.05) is 23.9 Å². The summed E-state index contributed by atoms with van der Waals surface area (Å²) in [5, 5.41) is 2.04. The molecule has 0 aliphatic rings. The molecule has 2 rings (SSSR count). The zero-order valence-electron chi connectivity index (χ0n) is 11.9. The van der Waals surface area contributed by atoms with E-state index in [1.165, 1.54) is 24.3 Å². The molecule has 8 heteroatoms. The summed E-state index contributed by atoms with van der Waals surface area (Å²) >= 11 is 0.983. The van der Waals surface area contributed by atoms with Crippen LogP contribution in [-0.2, 0) is 11.0 Å². The standard InChI is InChI=1S/C15H12F4N2OS/c1-9(14(22)21-12-5-3-2-4-11(12)16)23-13-7-6-10(8-20-13)15(17,18)19/h2-9H,1H3,(H,21,22). The van der Waals surface area contributed by atoms with Crippen LogP contribution in [0.2, 0.25) is 0 Å². The highest BCUT2D eigenvalue weighted by Gasteiger charge is 2.30. The van der Waals surface area contributed by atoms with Crippen LogP contribution in [0.1, 0.15) is 12.5 Å². The number of aromatic nitrogens is 1. The number of benzene rings is 1. The van der Waals surface area contributed by atoms with Crippen molar-refractivity contribution in [1.29, 1.82) is 0 Å².